The zero-order valence-corrected chi connectivity index (χ0v) is 5.82. The first kappa shape index (κ1) is 9.36. The maximum Gasteiger partial charge on any atom is 0.0425 e. The molecular formula is C2H6ClIO. The van der Waals surface area contributed by atoms with E-state index in [0.29, 0.717) is 0 Å². The Morgan fingerprint density at radius 2 is 1.80 bits per heavy atom. The van der Waals surface area contributed by atoms with Crippen LogP contribution in [0, 0.1) is 0 Å². The van der Waals surface area contributed by atoms with Crippen molar-refractivity contribution < 1.29 is 5.11 Å². The molecule has 0 saturated carbocycles. The fourth-order valence-corrected chi connectivity index (χ4v) is 0. The molecule has 0 unspecified atom stereocenters. The lowest BCUT2D eigenvalue weighted by atomic mass is 10.9. The zero-order valence-electron chi connectivity index (χ0n) is 2.91. The minimum Gasteiger partial charge on any atom is -0.397 e. The van der Waals surface area contributed by atoms with Gasteiger partial charge in [-0.15, -0.1) is 0 Å². The van der Waals surface area contributed by atoms with Crippen molar-refractivity contribution in [2.24, 2.45) is 0 Å². The van der Waals surface area contributed by atoms with E-state index < -0.39 is 0 Å². The Kier molecular flexibility index (Phi) is 37.7. The van der Waals surface area contributed by atoms with E-state index in [1.54, 1.807) is 28.4 Å². The average Bonchev–Trinajstić information content (AvgIpc) is 1.46. The first-order valence-corrected chi connectivity index (χ1v) is 3.90. The molecular weight excluding hydrogens is 202 g/mol. The lowest BCUT2D eigenvalue weighted by Crippen LogP contribution is -1.57. The van der Waals surface area contributed by atoms with Crippen LogP contribution in [-0.4, -0.2) is 11.7 Å². The summed E-state index contributed by atoms with van der Waals surface area (Å²) in [6.07, 6.45) is 0. The molecule has 0 bridgehead atoms. The third-order valence-corrected chi connectivity index (χ3v) is 0. The Balaban J connectivity index is 0. The summed E-state index contributed by atoms with van der Waals surface area (Å²) in [5, 5.41) is 7.57. The monoisotopic (exact) mass is 208 g/mol. The Hall–Kier alpha value is 0.980. The maximum atomic E-state index is 7.57. The second kappa shape index (κ2) is 20.1. The molecule has 0 saturated heterocycles. The Bertz CT molecular complexity index is 9.61. The highest BCUT2D eigenvalue weighted by molar-refractivity contribution is 14.1. The molecule has 0 heterocycles. The smallest absolute Gasteiger partial charge is 0.0425 e. The number of halogens is 2. The highest BCUT2D eigenvalue weighted by Crippen LogP contribution is 1.79. The molecule has 34 valence electrons. The topological polar surface area (TPSA) is 20.2 Å². The second-order valence-electron chi connectivity index (χ2n) is 0.316. The van der Waals surface area contributed by atoms with Gasteiger partial charge in [0.2, 0.25) is 0 Å². The van der Waals surface area contributed by atoms with Gasteiger partial charge in [0.05, 0.1) is 0 Å². The summed E-state index contributed by atoms with van der Waals surface area (Å²) in [6, 6.07) is 0. The molecule has 0 fully saturated rings. The van der Waals surface area contributed by atoms with Crippen LogP contribution < -0.4 is 0 Å². The van der Waals surface area contributed by atoms with Crippen LogP contribution in [-0.2, 0) is 0 Å². The molecule has 5 heavy (non-hydrogen) atoms. The van der Waals surface area contributed by atoms with Gasteiger partial charge in [-0.05, 0) is 15.8 Å². The summed E-state index contributed by atoms with van der Waals surface area (Å²) in [6.45, 7) is 1.93. The highest BCUT2D eigenvalue weighted by Gasteiger charge is 1.34. The third kappa shape index (κ3) is 46.0. The molecule has 1 N–H and O–H groups in total. The van der Waals surface area contributed by atoms with Crippen molar-refractivity contribution in [3.8, 4) is 0 Å². The van der Waals surface area contributed by atoms with Gasteiger partial charge in [0, 0.05) is 28.1 Å². The molecule has 0 atom stereocenters. The molecule has 0 aromatic heterocycles. The Morgan fingerprint density at radius 1 is 1.80 bits per heavy atom. The van der Waals surface area contributed by atoms with Crippen molar-refractivity contribution in [1.29, 1.82) is 0 Å². The predicted molar refractivity (Wildman–Crippen MR) is 32.6 cm³/mol. The van der Waals surface area contributed by atoms with E-state index in [-0.39, 0.29) is 6.61 Å². The SMILES string of the molecule is CCO.ClI. The van der Waals surface area contributed by atoms with E-state index in [0.717, 1.165) is 0 Å². The molecule has 0 aliphatic heterocycles. The van der Waals surface area contributed by atoms with Gasteiger partial charge >= 0.3 is 0 Å². The van der Waals surface area contributed by atoms with E-state index in [9.17, 15) is 0 Å². The van der Waals surface area contributed by atoms with Crippen molar-refractivity contribution in [2.45, 2.75) is 6.92 Å². The van der Waals surface area contributed by atoms with Gasteiger partial charge in [-0.3, -0.25) is 0 Å². The van der Waals surface area contributed by atoms with Gasteiger partial charge in [0.1, 0.15) is 0 Å². The summed E-state index contributed by atoms with van der Waals surface area (Å²) in [7, 11) is 4.61. The van der Waals surface area contributed by atoms with Gasteiger partial charge in [0.25, 0.3) is 0 Å². The number of rotatable bonds is 0. The minimum atomic E-state index is 0.250. The predicted octanol–water partition coefficient (Wildman–Crippen LogP) is 1.57. The molecule has 0 rings (SSSR count). The molecule has 0 amide bonds. The van der Waals surface area contributed by atoms with Crippen LogP contribution in [0.5, 0.6) is 0 Å². The maximum absolute atomic E-state index is 7.57. The van der Waals surface area contributed by atoms with Crippen molar-refractivity contribution in [3.63, 3.8) is 0 Å². The molecule has 0 aliphatic rings. The number of hydrogen-bond donors (Lipinski definition) is 1. The summed E-state index contributed by atoms with van der Waals surface area (Å²) in [5.74, 6) is 0. The third-order valence-electron chi connectivity index (χ3n) is 0. The van der Waals surface area contributed by atoms with Crippen LogP contribution in [0.2, 0.25) is 0 Å². The highest BCUT2D eigenvalue weighted by atomic mass is 127. The van der Waals surface area contributed by atoms with E-state index in [1.165, 1.54) is 0 Å². The van der Waals surface area contributed by atoms with Crippen molar-refractivity contribution in [2.75, 3.05) is 6.61 Å². The average molecular weight is 208 g/mol. The molecule has 0 aromatic rings. The van der Waals surface area contributed by atoms with Gasteiger partial charge in [-0.2, -0.15) is 0 Å². The summed E-state index contributed by atoms with van der Waals surface area (Å²) >= 11 is 1.62. The summed E-state index contributed by atoms with van der Waals surface area (Å²) in [4.78, 5) is 0. The van der Waals surface area contributed by atoms with E-state index >= 15 is 0 Å². The lowest BCUT2D eigenvalue weighted by Gasteiger charge is -1.52. The van der Waals surface area contributed by atoms with Crippen LogP contribution in [0.25, 0.3) is 0 Å². The van der Waals surface area contributed by atoms with Gasteiger partial charge in [-0.1, -0.05) is 0 Å². The molecule has 1 nitrogen and oxygen atoms in total. The van der Waals surface area contributed by atoms with Gasteiger partial charge in [-0.25, -0.2) is 0 Å². The van der Waals surface area contributed by atoms with Crippen LogP contribution in [0.1, 0.15) is 6.92 Å². The molecule has 0 aromatic carbocycles. The largest absolute Gasteiger partial charge is 0.397 e. The van der Waals surface area contributed by atoms with Crippen LogP contribution in [0.15, 0.2) is 0 Å². The van der Waals surface area contributed by atoms with Crippen molar-refractivity contribution in [1.82, 2.24) is 0 Å². The quantitative estimate of drug-likeness (QED) is 0.599. The molecule has 3 heteroatoms. The van der Waals surface area contributed by atoms with Crippen molar-refractivity contribution >= 4 is 30.4 Å². The Morgan fingerprint density at radius 3 is 1.80 bits per heavy atom. The normalized spacial score (nSPS) is 4.80. The number of hydrogen-bond acceptors (Lipinski definition) is 1. The first-order valence-electron chi connectivity index (χ1n) is 1.17. The first-order chi connectivity index (χ1) is 2.41. The second-order valence-corrected chi connectivity index (χ2v) is 0.316. The van der Waals surface area contributed by atoms with Crippen molar-refractivity contribution in [3.05, 3.63) is 0 Å². The summed E-state index contributed by atoms with van der Waals surface area (Å²) < 4.78 is 0. The zero-order chi connectivity index (χ0) is 4.71. The van der Waals surface area contributed by atoms with Gasteiger partial charge < -0.3 is 5.11 Å². The summed E-state index contributed by atoms with van der Waals surface area (Å²) in [5.41, 5.74) is 0. The molecule has 0 aliphatic carbocycles. The minimum absolute atomic E-state index is 0.250. The fourth-order valence-electron chi connectivity index (χ4n) is 0. The fraction of sp³-hybridized carbons (Fsp3) is 1.00. The Labute approximate surface area is 49.2 Å². The van der Waals surface area contributed by atoms with E-state index in [1.807, 2.05) is 0 Å². The van der Waals surface area contributed by atoms with E-state index in [4.69, 9.17) is 5.11 Å². The van der Waals surface area contributed by atoms with Crippen LogP contribution in [0.4, 0.5) is 0 Å². The molecule has 0 radical (unpaired) electrons. The van der Waals surface area contributed by atoms with Crippen LogP contribution in [0.3, 0.4) is 0 Å². The van der Waals surface area contributed by atoms with E-state index in [2.05, 4.69) is 8.91 Å². The number of aliphatic hydroxyl groups excluding tert-OH is 1. The standard InChI is InChI=1S/C2H6O.ClI/c1-2-3;1-2/h3H,2H2,1H3;. The molecule has 0 spiro atoms. The van der Waals surface area contributed by atoms with Crippen LogP contribution >= 0.6 is 30.4 Å². The van der Waals surface area contributed by atoms with Gasteiger partial charge in [0.15, 0.2) is 0 Å². The number of aliphatic hydroxyl groups is 1. The lowest BCUT2D eigenvalue weighted by molar-refractivity contribution is 0.318.